The molecule has 1 saturated carbocycles. The Hall–Kier alpha value is -2.18. The fraction of sp³-hybridized carbons (Fsp3) is 0.429. The number of carboxylic acid groups (broad SMARTS) is 1. The fourth-order valence-electron chi connectivity index (χ4n) is 2.38. The molecular weight excluding hydrogens is 286 g/mol. The summed E-state index contributed by atoms with van der Waals surface area (Å²) in [6.45, 7) is -1.30. The Morgan fingerprint density at radius 1 is 1.48 bits per heavy atom. The summed E-state index contributed by atoms with van der Waals surface area (Å²) in [5.41, 5.74) is -1.16. The summed E-state index contributed by atoms with van der Waals surface area (Å²) in [5, 5.41) is 9.30. The van der Waals surface area contributed by atoms with Crippen LogP contribution >= 0.6 is 0 Å². The number of benzene rings is 1. The van der Waals surface area contributed by atoms with Gasteiger partial charge in [0.25, 0.3) is 0 Å². The molecule has 5 nitrogen and oxygen atoms in total. The Kier molecular flexibility index (Phi) is 4.11. The number of rotatable bonds is 6. The standard InChI is InChI=1S/C14H14F2O5/c1-2-20-12(19)14(11(17)18)7-10(14)8-4-3-5-9(6-8)21-13(15)16/h3-6,10,13H,2,7H2,1H3,(H,17,18). The van der Waals surface area contributed by atoms with Gasteiger partial charge in [-0.15, -0.1) is 0 Å². The maximum absolute atomic E-state index is 12.2. The summed E-state index contributed by atoms with van der Waals surface area (Å²) in [5.74, 6) is -2.75. The maximum Gasteiger partial charge on any atom is 0.387 e. The largest absolute Gasteiger partial charge is 0.480 e. The highest BCUT2D eigenvalue weighted by molar-refractivity contribution is 6.04. The average Bonchev–Trinajstić information content (AvgIpc) is 3.15. The molecule has 0 heterocycles. The summed E-state index contributed by atoms with van der Waals surface area (Å²) in [4.78, 5) is 23.3. The molecule has 0 saturated heterocycles. The number of ether oxygens (including phenoxy) is 2. The van der Waals surface area contributed by atoms with Gasteiger partial charge in [0.15, 0.2) is 5.41 Å². The molecule has 0 aliphatic heterocycles. The topological polar surface area (TPSA) is 72.8 Å². The van der Waals surface area contributed by atoms with E-state index in [0.717, 1.165) is 0 Å². The Bertz CT molecular complexity index is 560. The minimum Gasteiger partial charge on any atom is -0.480 e. The molecule has 21 heavy (non-hydrogen) atoms. The number of halogens is 2. The lowest BCUT2D eigenvalue weighted by atomic mass is 9.99. The SMILES string of the molecule is CCOC(=O)C1(C(=O)O)CC1c1cccc(OC(F)F)c1. The van der Waals surface area contributed by atoms with Gasteiger partial charge in [-0.05, 0) is 31.0 Å². The maximum atomic E-state index is 12.2. The number of esters is 1. The van der Waals surface area contributed by atoms with E-state index in [9.17, 15) is 23.5 Å². The number of carbonyl (C=O) groups is 2. The van der Waals surface area contributed by atoms with Crippen LogP contribution in [0.5, 0.6) is 5.75 Å². The number of aliphatic carboxylic acids is 1. The van der Waals surface area contributed by atoms with Gasteiger partial charge in [0.05, 0.1) is 6.61 Å². The lowest BCUT2D eigenvalue weighted by Crippen LogP contribution is -2.29. The monoisotopic (exact) mass is 300 g/mol. The van der Waals surface area contributed by atoms with E-state index in [1.165, 1.54) is 18.2 Å². The average molecular weight is 300 g/mol. The number of alkyl halides is 2. The van der Waals surface area contributed by atoms with Crippen LogP contribution in [0.4, 0.5) is 8.78 Å². The Morgan fingerprint density at radius 3 is 2.76 bits per heavy atom. The molecule has 2 unspecified atom stereocenters. The van der Waals surface area contributed by atoms with Crippen LogP contribution in [-0.4, -0.2) is 30.3 Å². The van der Waals surface area contributed by atoms with Gasteiger partial charge < -0.3 is 14.6 Å². The normalized spacial score (nSPS) is 23.7. The first-order chi connectivity index (χ1) is 9.91. The molecule has 0 radical (unpaired) electrons. The van der Waals surface area contributed by atoms with E-state index >= 15 is 0 Å². The van der Waals surface area contributed by atoms with Crippen molar-refractivity contribution in [3.8, 4) is 5.75 Å². The zero-order valence-corrected chi connectivity index (χ0v) is 11.2. The van der Waals surface area contributed by atoms with Crippen LogP contribution in [0.2, 0.25) is 0 Å². The quantitative estimate of drug-likeness (QED) is 0.645. The summed E-state index contributed by atoms with van der Waals surface area (Å²) in [6, 6.07) is 5.71. The summed E-state index contributed by atoms with van der Waals surface area (Å²) in [7, 11) is 0. The third kappa shape index (κ3) is 2.81. The summed E-state index contributed by atoms with van der Waals surface area (Å²) < 4.78 is 33.5. The molecule has 1 aromatic carbocycles. The van der Waals surface area contributed by atoms with Crippen molar-refractivity contribution in [3.63, 3.8) is 0 Å². The second kappa shape index (κ2) is 5.67. The van der Waals surface area contributed by atoms with Crippen molar-refractivity contribution in [2.45, 2.75) is 25.9 Å². The zero-order chi connectivity index (χ0) is 15.6. The van der Waals surface area contributed by atoms with Crippen LogP contribution in [0, 0.1) is 5.41 Å². The number of carboxylic acids is 1. The number of hydrogen-bond donors (Lipinski definition) is 1. The highest BCUT2D eigenvalue weighted by Crippen LogP contribution is 2.60. The van der Waals surface area contributed by atoms with Gasteiger partial charge in [0.2, 0.25) is 0 Å². The van der Waals surface area contributed by atoms with Crippen LogP contribution in [0.3, 0.4) is 0 Å². The molecule has 114 valence electrons. The van der Waals surface area contributed by atoms with E-state index in [2.05, 4.69) is 4.74 Å². The molecule has 1 fully saturated rings. The second-order valence-corrected chi connectivity index (χ2v) is 4.70. The molecule has 1 aliphatic carbocycles. The third-order valence-electron chi connectivity index (χ3n) is 3.47. The van der Waals surface area contributed by atoms with E-state index in [4.69, 9.17) is 4.74 Å². The van der Waals surface area contributed by atoms with Gasteiger partial charge in [0, 0.05) is 5.92 Å². The molecule has 2 atom stereocenters. The minimum absolute atomic E-state index is 0.0717. The van der Waals surface area contributed by atoms with E-state index < -0.39 is 29.9 Å². The van der Waals surface area contributed by atoms with Gasteiger partial charge in [-0.1, -0.05) is 12.1 Å². The smallest absolute Gasteiger partial charge is 0.387 e. The van der Waals surface area contributed by atoms with Crippen molar-refractivity contribution in [1.82, 2.24) is 0 Å². The number of hydrogen-bond acceptors (Lipinski definition) is 4. The molecule has 0 bridgehead atoms. The van der Waals surface area contributed by atoms with E-state index in [1.54, 1.807) is 13.0 Å². The van der Waals surface area contributed by atoms with Gasteiger partial charge in [-0.3, -0.25) is 9.59 Å². The molecule has 0 spiro atoms. The predicted molar refractivity (Wildman–Crippen MR) is 67.1 cm³/mol. The van der Waals surface area contributed by atoms with Crippen molar-refractivity contribution in [2.24, 2.45) is 5.41 Å². The van der Waals surface area contributed by atoms with Gasteiger partial charge in [-0.2, -0.15) is 8.78 Å². The van der Waals surface area contributed by atoms with E-state index in [1.807, 2.05) is 0 Å². The zero-order valence-electron chi connectivity index (χ0n) is 11.2. The lowest BCUT2D eigenvalue weighted by molar-refractivity contribution is -0.161. The minimum atomic E-state index is -2.96. The lowest BCUT2D eigenvalue weighted by Gasteiger charge is -2.12. The van der Waals surface area contributed by atoms with Crippen molar-refractivity contribution in [2.75, 3.05) is 6.61 Å². The van der Waals surface area contributed by atoms with E-state index in [0.29, 0.717) is 5.56 Å². The fourth-order valence-corrected chi connectivity index (χ4v) is 2.38. The summed E-state index contributed by atoms with van der Waals surface area (Å²) in [6.07, 6.45) is 0.0826. The van der Waals surface area contributed by atoms with Gasteiger partial charge in [-0.25, -0.2) is 0 Å². The van der Waals surface area contributed by atoms with E-state index in [-0.39, 0.29) is 18.8 Å². The van der Waals surface area contributed by atoms with Crippen molar-refractivity contribution < 1.29 is 33.0 Å². The first-order valence-electron chi connectivity index (χ1n) is 6.37. The number of carbonyl (C=O) groups excluding carboxylic acids is 1. The Balaban J connectivity index is 2.23. The Morgan fingerprint density at radius 2 is 2.19 bits per heavy atom. The van der Waals surface area contributed by atoms with Crippen molar-refractivity contribution in [1.29, 1.82) is 0 Å². The molecule has 7 heteroatoms. The first kappa shape index (κ1) is 15.2. The highest BCUT2D eigenvalue weighted by Gasteiger charge is 2.68. The van der Waals surface area contributed by atoms with Crippen LogP contribution in [0.15, 0.2) is 24.3 Å². The second-order valence-electron chi connectivity index (χ2n) is 4.70. The molecule has 0 amide bonds. The van der Waals surface area contributed by atoms with Crippen LogP contribution in [0.1, 0.15) is 24.8 Å². The van der Waals surface area contributed by atoms with Crippen LogP contribution < -0.4 is 4.74 Å². The molecule has 1 N–H and O–H groups in total. The first-order valence-corrected chi connectivity index (χ1v) is 6.37. The van der Waals surface area contributed by atoms with Gasteiger partial charge in [0.1, 0.15) is 5.75 Å². The summed E-state index contributed by atoms with van der Waals surface area (Å²) >= 11 is 0. The molecule has 2 rings (SSSR count). The molecule has 1 aliphatic rings. The molecule has 1 aromatic rings. The van der Waals surface area contributed by atoms with Crippen molar-refractivity contribution >= 4 is 11.9 Å². The van der Waals surface area contributed by atoms with Gasteiger partial charge >= 0.3 is 18.6 Å². The third-order valence-corrected chi connectivity index (χ3v) is 3.47. The van der Waals surface area contributed by atoms with Crippen LogP contribution in [0.25, 0.3) is 0 Å². The van der Waals surface area contributed by atoms with Crippen molar-refractivity contribution in [3.05, 3.63) is 29.8 Å². The Labute approximate surface area is 119 Å². The predicted octanol–water partition coefficient (Wildman–Crippen LogP) is 2.41. The molecule has 0 aromatic heterocycles. The molecular formula is C14H14F2O5. The highest BCUT2D eigenvalue weighted by atomic mass is 19.3. The van der Waals surface area contributed by atoms with Crippen LogP contribution in [-0.2, 0) is 14.3 Å².